The molecule has 1 saturated heterocycles. The first-order valence-corrected chi connectivity index (χ1v) is 8.31. The highest BCUT2D eigenvalue weighted by Gasteiger charge is 2.32. The second-order valence-corrected chi connectivity index (χ2v) is 7.40. The van der Waals surface area contributed by atoms with Gasteiger partial charge in [0, 0.05) is 13.3 Å². The lowest BCUT2D eigenvalue weighted by atomic mass is 10.1. The molecule has 136 valence electrons. The Bertz CT molecular complexity index is 787. The number of nitrogens with one attached hydrogen (secondary N) is 1. The smallest absolute Gasteiger partial charge is 0.241 e. The molecule has 1 amide bonds. The molecule has 0 spiro atoms. The van der Waals surface area contributed by atoms with Crippen LogP contribution in [0.1, 0.15) is 51.6 Å². The zero-order chi connectivity index (χ0) is 18.4. The maximum absolute atomic E-state index is 11.4. The standard InChI is InChI=1S/C17H24N4O4/c1-9-15(16(25-20-9)18-10(2)22)12-7-13(14-6-11(23)8-24-14)21(19-12)17(3,4)5/h7,11,14,23H,6,8H2,1-5H3,(H,18,22). The fourth-order valence-corrected chi connectivity index (χ4v) is 3.02. The average molecular weight is 348 g/mol. The molecule has 1 aliphatic heterocycles. The van der Waals surface area contributed by atoms with Crippen molar-refractivity contribution in [2.24, 2.45) is 0 Å². The number of anilines is 1. The highest BCUT2D eigenvalue weighted by molar-refractivity contribution is 5.91. The number of hydrogen-bond donors (Lipinski definition) is 2. The number of carbonyl (C=O) groups excluding carboxylic acids is 1. The number of aromatic nitrogens is 3. The Balaban J connectivity index is 2.08. The fourth-order valence-electron chi connectivity index (χ4n) is 3.02. The number of rotatable bonds is 3. The highest BCUT2D eigenvalue weighted by Crippen LogP contribution is 2.37. The van der Waals surface area contributed by atoms with Crippen LogP contribution in [0.15, 0.2) is 10.6 Å². The van der Waals surface area contributed by atoms with Gasteiger partial charge in [0.05, 0.1) is 35.2 Å². The summed E-state index contributed by atoms with van der Waals surface area (Å²) in [5, 5.41) is 21.1. The number of aliphatic hydroxyl groups is 1. The summed E-state index contributed by atoms with van der Waals surface area (Å²) in [6.07, 6.45) is -0.161. The summed E-state index contributed by atoms with van der Waals surface area (Å²) in [5.74, 6) is 0.0395. The number of nitrogens with zero attached hydrogens (tertiary/aromatic N) is 3. The lowest BCUT2D eigenvalue weighted by Crippen LogP contribution is -2.26. The van der Waals surface area contributed by atoms with Crippen LogP contribution in [0.2, 0.25) is 0 Å². The second-order valence-electron chi connectivity index (χ2n) is 7.40. The first-order chi connectivity index (χ1) is 11.7. The third-order valence-electron chi connectivity index (χ3n) is 4.09. The summed E-state index contributed by atoms with van der Waals surface area (Å²) in [4.78, 5) is 11.4. The van der Waals surface area contributed by atoms with Crippen molar-refractivity contribution in [3.8, 4) is 11.3 Å². The van der Waals surface area contributed by atoms with Crippen LogP contribution in [-0.2, 0) is 15.1 Å². The summed E-state index contributed by atoms with van der Waals surface area (Å²) in [6.45, 7) is 9.68. The van der Waals surface area contributed by atoms with E-state index in [1.807, 2.05) is 31.5 Å². The Morgan fingerprint density at radius 2 is 2.16 bits per heavy atom. The number of ether oxygens (including phenoxy) is 1. The molecular weight excluding hydrogens is 324 g/mol. The Labute approximate surface area is 146 Å². The van der Waals surface area contributed by atoms with Gasteiger partial charge in [-0.3, -0.25) is 14.8 Å². The van der Waals surface area contributed by atoms with Crippen molar-refractivity contribution in [1.82, 2.24) is 14.9 Å². The minimum Gasteiger partial charge on any atom is -0.391 e. The van der Waals surface area contributed by atoms with Gasteiger partial charge in [0.2, 0.25) is 11.8 Å². The Morgan fingerprint density at radius 1 is 1.44 bits per heavy atom. The van der Waals surface area contributed by atoms with Crippen LogP contribution in [0.4, 0.5) is 5.88 Å². The molecule has 1 fully saturated rings. The summed E-state index contributed by atoms with van der Waals surface area (Å²) in [7, 11) is 0. The van der Waals surface area contributed by atoms with E-state index in [9.17, 15) is 9.90 Å². The van der Waals surface area contributed by atoms with Gasteiger partial charge in [0.15, 0.2) is 0 Å². The number of amides is 1. The second kappa shape index (κ2) is 6.27. The van der Waals surface area contributed by atoms with E-state index in [-0.39, 0.29) is 23.4 Å². The molecule has 0 aromatic carbocycles. The predicted octanol–water partition coefficient (Wildman–Crippen LogP) is 2.38. The van der Waals surface area contributed by atoms with Gasteiger partial charge in [0.25, 0.3) is 0 Å². The van der Waals surface area contributed by atoms with E-state index in [1.54, 1.807) is 6.92 Å². The molecule has 0 bridgehead atoms. The van der Waals surface area contributed by atoms with Gasteiger partial charge in [-0.15, -0.1) is 0 Å². The molecule has 2 unspecified atom stereocenters. The van der Waals surface area contributed by atoms with Gasteiger partial charge in [-0.2, -0.15) is 5.10 Å². The summed E-state index contributed by atoms with van der Waals surface area (Å²) in [5.41, 5.74) is 2.55. The summed E-state index contributed by atoms with van der Waals surface area (Å²) >= 11 is 0. The Morgan fingerprint density at radius 3 is 2.72 bits per heavy atom. The third kappa shape index (κ3) is 3.45. The van der Waals surface area contributed by atoms with E-state index in [2.05, 4.69) is 10.5 Å². The van der Waals surface area contributed by atoms with Crippen LogP contribution in [0.3, 0.4) is 0 Å². The van der Waals surface area contributed by atoms with Crippen molar-refractivity contribution in [2.45, 2.75) is 58.8 Å². The molecule has 8 heteroatoms. The van der Waals surface area contributed by atoms with E-state index in [0.717, 1.165) is 5.69 Å². The molecule has 0 saturated carbocycles. The molecule has 0 radical (unpaired) electrons. The van der Waals surface area contributed by atoms with Gasteiger partial charge in [-0.1, -0.05) is 5.16 Å². The maximum atomic E-state index is 11.4. The molecule has 3 rings (SSSR count). The van der Waals surface area contributed by atoms with Gasteiger partial charge in [-0.25, -0.2) is 0 Å². The zero-order valence-electron chi connectivity index (χ0n) is 15.2. The van der Waals surface area contributed by atoms with Gasteiger partial charge in [-0.05, 0) is 33.8 Å². The molecular formula is C17H24N4O4. The summed E-state index contributed by atoms with van der Waals surface area (Å²) in [6, 6.07) is 1.92. The van der Waals surface area contributed by atoms with Crippen molar-refractivity contribution >= 4 is 11.8 Å². The van der Waals surface area contributed by atoms with Crippen LogP contribution in [0, 0.1) is 6.92 Å². The maximum Gasteiger partial charge on any atom is 0.241 e. The highest BCUT2D eigenvalue weighted by atomic mass is 16.5. The van der Waals surface area contributed by atoms with Crippen LogP contribution in [0.5, 0.6) is 0 Å². The normalized spacial score (nSPS) is 20.9. The van der Waals surface area contributed by atoms with Crippen LogP contribution < -0.4 is 5.32 Å². The third-order valence-corrected chi connectivity index (χ3v) is 4.09. The molecule has 0 aliphatic carbocycles. The molecule has 2 aromatic heterocycles. The molecule has 25 heavy (non-hydrogen) atoms. The van der Waals surface area contributed by atoms with Crippen molar-refractivity contribution in [3.05, 3.63) is 17.5 Å². The van der Waals surface area contributed by atoms with Crippen molar-refractivity contribution < 1.29 is 19.2 Å². The predicted molar refractivity (Wildman–Crippen MR) is 91.1 cm³/mol. The fraction of sp³-hybridized carbons (Fsp3) is 0.588. The van der Waals surface area contributed by atoms with Crippen molar-refractivity contribution in [1.29, 1.82) is 0 Å². The van der Waals surface area contributed by atoms with E-state index < -0.39 is 6.10 Å². The number of aliphatic hydroxyl groups excluding tert-OH is 1. The number of carbonyl (C=O) groups is 1. The SMILES string of the molecule is CC(=O)Nc1onc(C)c1-c1cc(C2CC(O)CO2)n(C(C)(C)C)n1. The quantitative estimate of drug-likeness (QED) is 0.883. The molecule has 2 aromatic rings. The Hall–Kier alpha value is -2.19. The van der Waals surface area contributed by atoms with E-state index >= 15 is 0 Å². The summed E-state index contributed by atoms with van der Waals surface area (Å²) < 4.78 is 12.9. The molecule has 3 heterocycles. The molecule has 2 atom stereocenters. The van der Waals surface area contributed by atoms with Gasteiger partial charge >= 0.3 is 0 Å². The first kappa shape index (κ1) is 17.6. The minimum absolute atomic E-state index is 0.222. The van der Waals surface area contributed by atoms with Crippen molar-refractivity contribution in [2.75, 3.05) is 11.9 Å². The van der Waals surface area contributed by atoms with Gasteiger partial charge < -0.3 is 14.4 Å². The van der Waals surface area contributed by atoms with Crippen molar-refractivity contribution in [3.63, 3.8) is 0 Å². The number of hydrogen-bond acceptors (Lipinski definition) is 6. The largest absolute Gasteiger partial charge is 0.391 e. The monoisotopic (exact) mass is 348 g/mol. The number of aryl methyl sites for hydroxylation is 1. The minimum atomic E-state index is -0.468. The molecule has 8 nitrogen and oxygen atoms in total. The topological polar surface area (TPSA) is 102 Å². The van der Waals surface area contributed by atoms with Gasteiger partial charge in [0.1, 0.15) is 11.8 Å². The molecule has 1 aliphatic rings. The average Bonchev–Trinajstić information content (AvgIpc) is 3.16. The van der Waals surface area contributed by atoms with Crippen LogP contribution in [0.25, 0.3) is 11.3 Å². The first-order valence-electron chi connectivity index (χ1n) is 8.31. The van der Waals surface area contributed by atoms with E-state index in [1.165, 1.54) is 6.92 Å². The lowest BCUT2D eigenvalue weighted by Gasteiger charge is -2.24. The lowest BCUT2D eigenvalue weighted by molar-refractivity contribution is -0.114. The van der Waals surface area contributed by atoms with E-state index in [4.69, 9.17) is 14.4 Å². The zero-order valence-corrected chi connectivity index (χ0v) is 15.2. The Kier molecular flexibility index (Phi) is 4.42. The van der Waals surface area contributed by atoms with Crippen LogP contribution in [-0.4, -0.2) is 38.7 Å². The van der Waals surface area contributed by atoms with Crippen LogP contribution >= 0.6 is 0 Å². The van der Waals surface area contributed by atoms with E-state index in [0.29, 0.717) is 30.0 Å². The molecule has 2 N–H and O–H groups in total.